The second-order valence-corrected chi connectivity index (χ2v) is 2.81. The van der Waals surface area contributed by atoms with E-state index in [4.69, 9.17) is 5.73 Å². The number of carbonyl (C=O) groups excluding carboxylic acids is 1. The number of nitrogens with one attached hydrogen (secondary N) is 1. The minimum Gasteiger partial charge on any atom is -0.363 e. The maximum Gasteiger partial charge on any atom is 0.148 e. The van der Waals surface area contributed by atoms with E-state index in [0.717, 1.165) is 5.56 Å². The first-order valence-corrected chi connectivity index (χ1v) is 4.10. The van der Waals surface area contributed by atoms with Gasteiger partial charge in [0.1, 0.15) is 11.6 Å². The van der Waals surface area contributed by atoms with Gasteiger partial charge in [-0.15, -0.1) is 0 Å². The highest BCUT2D eigenvalue weighted by molar-refractivity contribution is 5.79. The van der Waals surface area contributed by atoms with Crippen molar-refractivity contribution < 1.29 is 4.79 Å². The molecule has 4 heteroatoms. The van der Waals surface area contributed by atoms with Crippen LogP contribution in [0.1, 0.15) is 12.5 Å². The van der Waals surface area contributed by atoms with E-state index in [2.05, 4.69) is 10.3 Å². The minimum atomic E-state index is 0.0877. The first-order valence-electron chi connectivity index (χ1n) is 4.10. The molecule has 4 nitrogen and oxygen atoms in total. The standard InChI is InChI=1S/C9H13N3O/c1-7(13)5-11-9-3-2-8(4-10)6-12-9/h2-3,6H,4-5,10H2,1H3,(H,11,12). The fourth-order valence-corrected chi connectivity index (χ4v) is 0.865. The van der Waals surface area contributed by atoms with Gasteiger partial charge < -0.3 is 11.1 Å². The molecule has 0 aliphatic heterocycles. The molecule has 0 aromatic carbocycles. The van der Waals surface area contributed by atoms with Crippen LogP contribution in [0, 0.1) is 0 Å². The molecule has 0 radical (unpaired) electrons. The number of hydrogen-bond donors (Lipinski definition) is 2. The molecule has 13 heavy (non-hydrogen) atoms. The smallest absolute Gasteiger partial charge is 0.148 e. The van der Waals surface area contributed by atoms with Crippen LogP contribution < -0.4 is 11.1 Å². The zero-order valence-electron chi connectivity index (χ0n) is 7.58. The van der Waals surface area contributed by atoms with Gasteiger partial charge in [0.25, 0.3) is 0 Å². The molecule has 0 saturated carbocycles. The normalized spacial score (nSPS) is 9.69. The monoisotopic (exact) mass is 179 g/mol. The second-order valence-electron chi connectivity index (χ2n) is 2.81. The number of pyridine rings is 1. The van der Waals surface area contributed by atoms with E-state index < -0.39 is 0 Å². The quantitative estimate of drug-likeness (QED) is 0.708. The number of anilines is 1. The highest BCUT2D eigenvalue weighted by Gasteiger charge is 1.95. The third kappa shape index (κ3) is 3.21. The third-order valence-electron chi connectivity index (χ3n) is 1.58. The van der Waals surface area contributed by atoms with Crippen molar-refractivity contribution in [3.05, 3.63) is 23.9 Å². The maximum absolute atomic E-state index is 10.6. The van der Waals surface area contributed by atoms with Crippen molar-refractivity contribution in [2.24, 2.45) is 5.73 Å². The summed E-state index contributed by atoms with van der Waals surface area (Å²) in [6, 6.07) is 3.70. The third-order valence-corrected chi connectivity index (χ3v) is 1.58. The Labute approximate surface area is 77.2 Å². The Kier molecular flexibility index (Phi) is 3.40. The number of ketones is 1. The van der Waals surface area contributed by atoms with Crippen LogP contribution in [0.4, 0.5) is 5.82 Å². The van der Waals surface area contributed by atoms with E-state index in [1.54, 1.807) is 6.20 Å². The topological polar surface area (TPSA) is 68.0 Å². The van der Waals surface area contributed by atoms with Crippen molar-refractivity contribution >= 4 is 11.6 Å². The first-order chi connectivity index (χ1) is 6.22. The van der Waals surface area contributed by atoms with Gasteiger partial charge in [0.05, 0.1) is 6.54 Å². The molecule has 0 fully saturated rings. The molecule has 0 amide bonds. The molecule has 1 heterocycles. The number of nitrogens with zero attached hydrogens (tertiary/aromatic N) is 1. The van der Waals surface area contributed by atoms with E-state index in [9.17, 15) is 4.79 Å². The Morgan fingerprint density at radius 3 is 2.85 bits per heavy atom. The van der Waals surface area contributed by atoms with Gasteiger partial charge in [-0.1, -0.05) is 6.07 Å². The number of aromatic nitrogens is 1. The van der Waals surface area contributed by atoms with E-state index >= 15 is 0 Å². The van der Waals surface area contributed by atoms with Crippen molar-refractivity contribution in [1.29, 1.82) is 0 Å². The molecule has 0 atom stereocenters. The summed E-state index contributed by atoms with van der Waals surface area (Å²) in [5.41, 5.74) is 6.39. The Morgan fingerprint density at radius 2 is 2.38 bits per heavy atom. The lowest BCUT2D eigenvalue weighted by Crippen LogP contribution is -2.10. The number of hydrogen-bond acceptors (Lipinski definition) is 4. The number of carbonyl (C=O) groups is 1. The summed E-state index contributed by atoms with van der Waals surface area (Å²) in [6.45, 7) is 2.33. The van der Waals surface area contributed by atoms with E-state index in [1.165, 1.54) is 6.92 Å². The second kappa shape index (κ2) is 4.57. The summed E-state index contributed by atoms with van der Waals surface area (Å²) < 4.78 is 0. The van der Waals surface area contributed by atoms with Crippen LogP contribution in [-0.2, 0) is 11.3 Å². The van der Waals surface area contributed by atoms with Crippen LogP contribution in [-0.4, -0.2) is 17.3 Å². The summed E-state index contributed by atoms with van der Waals surface area (Å²) in [6.07, 6.45) is 1.70. The molecule has 0 aliphatic carbocycles. The zero-order chi connectivity index (χ0) is 9.68. The lowest BCUT2D eigenvalue weighted by atomic mass is 10.3. The molecule has 0 unspecified atom stereocenters. The van der Waals surface area contributed by atoms with Gasteiger partial charge in [0.15, 0.2) is 0 Å². The molecular formula is C9H13N3O. The van der Waals surface area contributed by atoms with Crippen LogP contribution in [0.25, 0.3) is 0 Å². The fourth-order valence-electron chi connectivity index (χ4n) is 0.865. The lowest BCUT2D eigenvalue weighted by molar-refractivity contribution is -0.115. The maximum atomic E-state index is 10.6. The van der Waals surface area contributed by atoms with Gasteiger partial charge in [-0.2, -0.15) is 0 Å². The van der Waals surface area contributed by atoms with Crippen molar-refractivity contribution in [2.75, 3.05) is 11.9 Å². The van der Waals surface area contributed by atoms with Crippen molar-refractivity contribution in [2.45, 2.75) is 13.5 Å². The minimum absolute atomic E-state index is 0.0877. The molecule has 1 rings (SSSR count). The van der Waals surface area contributed by atoms with E-state index in [0.29, 0.717) is 18.9 Å². The van der Waals surface area contributed by atoms with Crippen LogP contribution in [0.5, 0.6) is 0 Å². The van der Waals surface area contributed by atoms with Gasteiger partial charge in [-0.05, 0) is 18.6 Å². The highest BCUT2D eigenvalue weighted by Crippen LogP contribution is 2.03. The summed E-state index contributed by atoms with van der Waals surface area (Å²) in [4.78, 5) is 14.7. The van der Waals surface area contributed by atoms with Gasteiger partial charge in [0.2, 0.25) is 0 Å². The Hall–Kier alpha value is -1.42. The van der Waals surface area contributed by atoms with Crippen molar-refractivity contribution in [1.82, 2.24) is 4.98 Å². The molecule has 1 aromatic heterocycles. The Balaban J connectivity index is 2.54. The largest absolute Gasteiger partial charge is 0.363 e. The number of Topliss-reactive ketones (excluding diaryl/α,β-unsaturated/α-hetero) is 1. The highest BCUT2D eigenvalue weighted by atomic mass is 16.1. The van der Waals surface area contributed by atoms with Gasteiger partial charge in [0, 0.05) is 12.7 Å². The van der Waals surface area contributed by atoms with Crippen LogP contribution in [0.15, 0.2) is 18.3 Å². The number of rotatable bonds is 4. The van der Waals surface area contributed by atoms with Gasteiger partial charge in [-0.25, -0.2) is 4.98 Å². The fraction of sp³-hybridized carbons (Fsp3) is 0.333. The molecule has 3 N–H and O–H groups in total. The van der Waals surface area contributed by atoms with Crippen LogP contribution >= 0.6 is 0 Å². The average molecular weight is 179 g/mol. The SMILES string of the molecule is CC(=O)CNc1ccc(CN)cn1. The molecule has 0 bridgehead atoms. The molecule has 0 spiro atoms. The van der Waals surface area contributed by atoms with Gasteiger partial charge >= 0.3 is 0 Å². The summed E-state index contributed by atoms with van der Waals surface area (Å²) >= 11 is 0. The lowest BCUT2D eigenvalue weighted by Gasteiger charge is -2.02. The average Bonchev–Trinajstić information content (AvgIpc) is 2.15. The predicted molar refractivity (Wildman–Crippen MR) is 51.3 cm³/mol. The molecule has 0 aliphatic rings. The summed E-state index contributed by atoms with van der Waals surface area (Å²) in [5.74, 6) is 0.789. The van der Waals surface area contributed by atoms with Crippen LogP contribution in [0.2, 0.25) is 0 Å². The zero-order valence-corrected chi connectivity index (χ0v) is 7.58. The van der Waals surface area contributed by atoms with Crippen molar-refractivity contribution in [3.8, 4) is 0 Å². The van der Waals surface area contributed by atoms with E-state index in [1.807, 2.05) is 12.1 Å². The van der Waals surface area contributed by atoms with E-state index in [-0.39, 0.29) is 5.78 Å². The first kappa shape index (κ1) is 9.67. The Morgan fingerprint density at radius 1 is 1.62 bits per heavy atom. The molecule has 1 aromatic rings. The molecule has 0 saturated heterocycles. The summed E-state index contributed by atoms with van der Waals surface area (Å²) in [5, 5.41) is 2.89. The molecule has 70 valence electrons. The molecular weight excluding hydrogens is 166 g/mol. The Bertz CT molecular complexity index is 281. The van der Waals surface area contributed by atoms with Crippen molar-refractivity contribution in [3.63, 3.8) is 0 Å². The van der Waals surface area contributed by atoms with Gasteiger partial charge in [-0.3, -0.25) is 4.79 Å². The van der Waals surface area contributed by atoms with Crippen LogP contribution in [0.3, 0.4) is 0 Å². The number of nitrogens with two attached hydrogens (primary N) is 1. The summed E-state index contributed by atoms with van der Waals surface area (Å²) in [7, 11) is 0. The predicted octanol–water partition coefficient (Wildman–Crippen LogP) is 0.541.